The van der Waals surface area contributed by atoms with Gasteiger partial charge in [-0.2, -0.15) is 0 Å². The third-order valence-corrected chi connectivity index (χ3v) is 3.00. The van der Waals surface area contributed by atoms with Gasteiger partial charge in [-0.1, -0.05) is 48.5 Å². The molecule has 0 spiro atoms. The van der Waals surface area contributed by atoms with E-state index in [1.165, 1.54) is 0 Å². The van der Waals surface area contributed by atoms with Gasteiger partial charge in [0.05, 0.1) is 18.0 Å². The lowest BCUT2D eigenvalue weighted by molar-refractivity contribution is -0.425. The molecule has 21 heavy (non-hydrogen) atoms. The Balaban J connectivity index is 2.32. The van der Waals surface area contributed by atoms with E-state index in [1.807, 2.05) is 61.5 Å². The van der Waals surface area contributed by atoms with E-state index in [0.717, 1.165) is 11.1 Å². The molecule has 0 unspecified atom stereocenters. The number of nitrogens with zero attached hydrogens (tertiary/aromatic N) is 1. The maximum atomic E-state index is 11.3. The van der Waals surface area contributed by atoms with Crippen LogP contribution in [0.4, 0.5) is 0 Å². The monoisotopic (exact) mass is 283 g/mol. The molecule has 0 N–H and O–H groups in total. The Morgan fingerprint density at radius 2 is 1.81 bits per heavy atom. The molecule has 0 aliphatic carbocycles. The highest BCUT2D eigenvalue weighted by molar-refractivity contribution is 5.59. The molecule has 2 aromatic rings. The molecule has 0 fully saturated rings. The maximum absolute atomic E-state index is 11.3. The Hall–Kier alpha value is -2.62. The lowest BCUT2D eigenvalue weighted by Gasteiger charge is -2.07. The summed E-state index contributed by atoms with van der Waals surface area (Å²) in [5, 5.41) is 11.3. The lowest BCUT2D eigenvalue weighted by atomic mass is 10.1. The van der Waals surface area contributed by atoms with E-state index >= 15 is 0 Å². The first-order valence-corrected chi connectivity index (χ1v) is 6.81. The van der Waals surface area contributed by atoms with Crippen molar-refractivity contribution >= 4 is 6.08 Å². The van der Waals surface area contributed by atoms with Crippen molar-refractivity contribution in [1.29, 1.82) is 0 Å². The molecular weight excluding hydrogens is 266 g/mol. The van der Waals surface area contributed by atoms with Gasteiger partial charge in [-0.3, -0.25) is 10.1 Å². The smallest absolute Gasteiger partial charge is 0.251 e. The minimum Gasteiger partial charge on any atom is -0.493 e. The Labute approximate surface area is 123 Å². The summed E-state index contributed by atoms with van der Waals surface area (Å²) in [6, 6.07) is 16.7. The van der Waals surface area contributed by atoms with Crippen LogP contribution >= 0.6 is 0 Å². The minimum atomic E-state index is -0.338. The molecule has 4 nitrogen and oxygen atoms in total. The molecule has 0 bridgehead atoms. The Morgan fingerprint density at radius 1 is 1.14 bits per heavy atom. The summed E-state index contributed by atoms with van der Waals surface area (Å²) in [6.07, 6.45) is 1.87. The lowest BCUT2D eigenvalue weighted by Crippen LogP contribution is -2.03. The second-order valence-corrected chi connectivity index (χ2v) is 4.53. The van der Waals surface area contributed by atoms with E-state index < -0.39 is 0 Å². The van der Waals surface area contributed by atoms with Gasteiger partial charge in [-0.25, -0.2) is 0 Å². The molecule has 4 heteroatoms. The van der Waals surface area contributed by atoms with Crippen molar-refractivity contribution in [3.05, 3.63) is 81.5 Å². The van der Waals surface area contributed by atoms with Gasteiger partial charge in [0, 0.05) is 11.6 Å². The molecule has 0 saturated carbocycles. The van der Waals surface area contributed by atoms with Gasteiger partial charge in [0.2, 0.25) is 0 Å². The Morgan fingerprint density at radius 3 is 2.48 bits per heavy atom. The number of benzene rings is 2. The van der Waals surface area contributed by atoms with Crippen molar-refractivity contribution in [2.45, 2.75) is 13.3 Å². The van der Waals surface area contributed by atoms with E-state index in [0.29, 0.717) is 12.4 Å². The molecule has 0 aliphatic heterocycles. The molecular formula is C17H17NO3. The van der Waals surface area contributed by atoms with Gasteiger partial charge in [0.25, 0.3) is 5.70 Å². The summed E-state index contributed by atoms with van der Waals surface area (Å²) in [6.45, 7) is 2.41. The van der Waals surface area contributed by atoms with Crippen molar-refractivity contribution in [2.24, 2.45) is 0 Å². The number of hydrogen-bond acceptors (Lipinski definition) is 3. The number of para-hydroxylation sites is 1. The highest BCUT2D eigenvalue weighted by atomic mass is 16.6. The molecule has 108 valence electrons. The fraction of sp³-hybridized carbons (Fsp3) is 0.176. The number of ether oxygens (including phenoxy) is 1. The van der Waals surface area contributed by atoms with Crippen LogP contribution in [0, 0.1) is 10.1 Å². The maximum Gasteiger partial charge on any atom is 0.251 e. The van der Waals surface area contributed by atoms with Crippen LogP contribution in [0.5, 0.6) is 5.75 Å². The van der Waals surface area contributed by atoms with Gasteiger partial charge < -0.3 is 4.74 Å². The predicted molar refractivity (Wildman–Crippen MR) is 82.7 cm³/mol. The molecule has 0 atom stereocenters. The van der Waals surface area contributed by atoms with E-state index in [2.05, 4.69) is 0 Å². The third kappa shape index (κ3) is 4.18. The zero-order valence-corrected chi connectivity index (χ0v) is 11.9. The fourth-order valence-corrected chi connectivity index (χ4v) is 2.04. The third-order valence-electron chi connectivity index (χ3n) is 3.00. The van der Waals surface area contributed by atoms with Crippen molar-refractivity contribution in [3.8, 4) is 5.75 Å². The van der Waals surface area contributed by atoms with Crippen LogP contribution in [0.3, 0.4) is 0 Å². The van der Waals surface area contributed by atoms with Gasteiger partial charge in [0.15, 0.2) is 0 Å². The molecule has 0 aliphatic rings. The topological polar surface area (TPSA) is 52.4 Å². The number of allylic oxidation sites excluding steroid dienone is 1. The Bertz CT molecular complexity index is 635. The first-order valence-electron chi connectivity index (χ1n) is 6.81. The quantitative estimate of drug-likeness (QED) is 0.596. The van der Waals surface area contributed by atoms with Crippen LogP contribution in [0.15, 0.2) is 60.3 Å². The molecule has 2 aromatic carbocycles. The highest BCUT2D eigenvalue weighted by Crippen LogP contribution is 2.22. The van der Waals surface area contributed by atoms with Crippen LogP contribution < -0.4 is 4.74 Å². The zero-order valence-electron chi connectivity index (χ0n) is 11.9. The molecule has 0 aromatic heterocycles. The normalized spacial score (nSPS) is 11.2. The second-order valence-electron chi connectivity index (χ2n) is 4.53. The zero-order chi connectivity index (χ0) is 15.1. The predicted octanol–water partition coefficient (Wildman–Crippen LogP) is 3.95. The summed E-state index contributed by atoms with van der Waals surface area (Å²) in [4.78, 5) is 10.9. The van der Waals surface area contributed by atoms with Crippen molar-refractivity contribution in [1.82, 2.24) is 0 Å². The van der Waals surface area contributed by atoms with Crippen LogP contribution in [0.25, 0.3) is 6.08 Å². The molecule has 0 saturated heterocycles. The van der Waals surface area contributed by atoms with Crippen LogP contribution in [0.2, 0.25) is 0 Å². The van der Waals surface area contributed by atoms with Crippen LogP contribution in [-0.4, -0.2) is 11.5 Å². The standard InChI is InChI=1S/C17H17NO3/c1-2-21-17-11-7-6-10-15(17)13-16(18(19)20)12-14-8-4-3-5-9-14/h3-11,13H,2,12H2,1H3. The first-order chi connectivity index (χ1) is 10.2. The van der Waals surface area contributed by atoms with Gasteiger partial charge >= 0.3 is 0 Å². The molecule has 0 radical (unpaired) electrons. The first kappa shape index (κ1) is 14.8. The summed E-state index contributed by atoms with van der Waals surface area (Å²) in [5.41, 5.74) is 1.78. The van der Waals surface area contributed by atoms with E-state index in [4.69, 9.17) is 4.74 Å². The summed E-state index contributed by atoms with van der Waals surface area (Å²) in [5.74, 6) is 0.660. The molecule has 2 rings (SSSR count). The van der Waals surface area contributed by atoms with Crippen LogP contribution in [0.1, 0.15) is 18.1 Å². The van der Waals surface area contributed by atoms with Gasteiger partial charge in [-0.05, 0) is 18.6 Å². The summed E-state index contributed by atoms with van der Waals surface area (Å²) in [7, 11) is 0. The van der Waals surface area contributed by atoms with Crippen LogP contribution in [-0.2, 0) is 6.42 Å². The second kappa shape index (κ2) is 7.24. The van der Waals surface area contributed by atoms with Crippen molar-refractivity contribution in [2.75, 3.05) is 6.61 Å². The minimum absolute atomic E-state index is 0.147. The summed E-state index contributed by atoms with van der Waals surface area (Å²) >= 11 is 0. The molecule has 0 amide bonds. The Kier molecular flexibility index (Phi) is 5.10. The number of rotatable bonds is 6. The average Bonchev–Trinajstić information content (AvgIpc) is 2.49. The largest absolute Gasteiger partial charge is 0.493 e. The van der Waals surface area contributed by atoms with Crippen molar-refractivity contribution in [3.63, 3.8) is 0 Å². The van der Waals surface area contributed by atoms with E-state index in [-0.39, 0.29) is 17.0 Å². The summed E-state index contributed by atoms with van der Waals surface area (Å²) < 4.78 is 5.50. The SMILES string of the molecule is CCOc1ccccc1C=C(Cc1ccccc1)[N+](=O)[O-]. The van der Waals surface area contributed by atoms with Gasteiger partial charge in [-0.15, -0.1) is 0 Å². The van der Waals surface area contributed by atoms with E-state index in [1.54, 1.807) is 6.08 Å². The number of nitro groups is 1. The highest BCUT2D eigenvalue weighted by Gasteiger charge is 2.13. The van der Waals surface area contributed by atoms with E-state index in [9.17, 15) is 10.1 Å². The fourth-order valence-electron chi connectivity index (χ4n) is 2.04. The molecule has 0 heterocycles. The van der Waals surface area contributed by atoms with Crippen molar-refractivity contribution < 1.29 is 9.66 Å². The van der Waals surface area contributed by atoms with Gasteiger partial charge in [0.1, 0.15) is 5.75 Å². The average molecular weight is 283 g/mol. The number of hydrogen-bond donors (Lipinski definition) is 0.